The van der Waals surface area contributed by atoms with Gasteiger partial charge in [0, 0.05) is 11.7 Å². The quantitative estimate of drug-likeness (QED) is 0.471. The van der Waals surface area contributed by atoms with Crippen LogP contribution in [0.5, 0.6) is 0 Å². The Balaban J connectivity index is 1.47. The summed E-state index contributed by atoms with van der Waals surface area (Å²) in [6.45, 7) is 1.49. The number of esters is 1. The molecular weight excluding hydrogens is 516 g/mol. The molecule has 0 fully saturated rings. The van der Waals surface area contributed by atoms with Gasteiger partial charge in [0.15, 0.2) is 6.61 Å². The molecule has 32 heavy (non-hydrogen) atoms. The number of para-hydroxylation sites is 2. The summed E-state index contributed by atoms with van der Waals surface area (Å²) < 4.78 is 33.8. The van der Waals surface area contributed by atoms with E-state index in [1.807, 2.05) is 31.2 Å². The number of carbonyl (C=O) groups is 2. The summed E-state index contributed by atoms with van der Waals surface area (Å²) in [5.41, 5.74) is 1.99. The van der Waals surface area contributed by atoms with Gasteiger partial charge in [-0.2, -0.15) is 0 Å². The molecule has 2 aromatic carbocycles. The van der Waals surface area contributed by atoms with Crippen LogP contribution in [-0.4, -0.2) is 32.9 Å². The largest absolute Gasteiger partial charge is 0.452 e. The van der Waals surface area contributed by atoms with Gasteiger partial charge in [-0.15, -0.1) is 11.3 Å². The zero-order valence-corrected chi connectivity index (χ0v) is 20.2. The molecule has 1 aromatic heterocycles. The van der Waals surface area contributed by atoms with Crippen molar-refractivity contribution in [2.24, 2.45) is 0 Å². The fraction of sp³-hybridized carbons (Fsp3) is 0.182. The van der Waals surface area contributed by atoms with E-state index in [-0.39, 0.29) is 27.4 Å². The third kappa shape index (κ3) is 4.57. The van der Waals surface area contributed by atoms with E-state index in [0.717, 1.165) is 29.0 Å². The average molecular weight is 535 g/mol. The van der Waals surface area contributed by atoms with Crippen molar-refractivity contribution >= 4 is 60.5 Å². The predicted octanol–water partition coefficient (Wildman–Crippen LogP) is 4.45. The van der Waals surface area contributed by atoms with Gasteiger partial charge in [-0.1, -0.05) is 30.3 Å². The first-order valence-corrected chi connectivity index (χ1v) is 12.8. The van der Waals surface area contributed by atoms with Crippen LogP contribution < -0.4 is 9.62 Å². The van der Waals surface area contributed by atoms with Gasteiger partial charge in [0.25, 0.3) is 15.9 Å². The fourth-order valence-corrected chi connectivity index (χ4v) is 6.70. The summed E-state index contributed by atoms with van der Waals surface area (Å²) in [4.78, 5) is 27.1. The Morgan fingerprint density at radius 2 is 1.84 bits per heavy atom. The molecule has 0 saturated heterocycles. The first kappa shape index (κ1) is 22.5. The van der Waals surface area contributed by atoms with Gasteiger partial charge in [-0.3, -0.25) is 9.52 Å². The molecule has 1 atom stereocenters. The molecule has 1 unspecified atom stereocenters. The molecule has 3 aromatic rings. The number of fused-ring (bicyclic) bond motifs is 1. The molecule has 0 bridgehead atoms. The van der Waals surface area contributed by atoms with Crippen LogP contribution in [0.15, 0.2) is 68.7 Å². The number of hydrogen-bond acceptors (Lipinski definition) is 6. The minimum Gasteiger partial charge on any atom is -0.452 e. The second kappa shape index (κ2) is 9.05. The molecule has 0 saturated carbocycles. The highest BCUT2D eigenvalue weighted by molar-refractivity contribution is 9.11. The molecule has 1 amide bonds. The number of benzene rings is 2. The highest BCUT2D eigenvalue weighted by atomic mass is 79.9. The third-order valence-corrected chi connectivity index (χ3v) is 8.49. The standard InChI is InChI=1S/C22H19BrN2O5S2/c1-14-12-15-6-2-5-9-18(15)25(14)20(26)13-30-22(27)16-7-3-4-8-17(16)24-32(28,29)21-11-10-19(23)31-21/h2-11,14,24H,12-13H2,1H3. The van der Waals surface area contributed by atoms with Crippen molar-refractivity contribution in [1.29, 1.82) is 0 Å². The smallest absolute Gasteiger partial charge is 0.340 e. The average Bonchev–Trinajstić information content (AvgIpc) is 3.35. The number of hydrogen-bond donors (Lipinski definition) is 1. The summed E-state index contributed by atoms with van der Waals surface area (Å²) in [7, 11) is -3.88. The Morgan fingerprint density at radius 1 is 1.12 bits per heavy atom. The lowest BCUT2D eigenvalue weighted by Crippen LogP contribution is -2.38. The lowest BCUT2D eigenvalue weighted by atomic mass is 10.1. The molecule has 166 valence electrons. The second-order valence-electron chi connectivity index (χ2n) is 7.23. The van der Waals surface area contributed by atoms with E-state index >= 15 is 0 Å². The van der Waals surface area contributed by atoms with Crippen molar-refractivity contribution in [2.45, 2.75) is 23.6 Å². The summed E-state index contributed by atoms with van der Waals surface area (Å²) in [5.74, 6) is -1.12. The molecule has 4 rings (SSSR count). The predicted molar refractivity (Wildman–Crippen MR) is 127 cm³/mol. The van der Waals surface area contributed by atoms with E-state index in [0.29, 0.717) is 3.79 Å². The van der Waals surface area contributed by atoms with Crippen molar-refractivity contribution in [2.75, 3.05) is 16.2 Å². The number of nitrogens with zero attached hydrogens (tertiary/aromatic N) is 1. The number of amides is 1. The Hall–Kier alpha value is -2.69. The van der Waals surface area contributed by atoms with E-state index in [1.165, 1.54) is 18.2 Å². The molecule has 0 aliphatic carbocycles. The number of sulfonamides is 1. The SMILES string of the molecule is CC1Cc2ccccc2N1C(=O)COC(=O)c1ccccc1NS(=O)(=O)c1ccc(Br)s1. The Labute approximate surface area is 198 Å². The van der Waals surface area contributed by atoms with E-state index in [1.54, 1.807) is 23.1 Å². The number of carbonyl (C=O) groups excluding carboxylic acids is 2. The molecule has 2 heterocycles. The molecule has 1 N–H and O–H groups in total. The lowest BCUT2D eigenvalue weighted by Gasteiger charge is -2.22. The van der Waals surface area contributed by atoms with Crippen molar-refractivity contribution in [3.63, 3.8) is 0 Å². The first-order chi connectivity index (χ1) is 15.3. The summed E-state index contributed by atoms with van der Waals surface area (Å²) in [6, 6.07) is 16.8. The van der Waals surface area contributed by atoms with Gasteiger partial charge >= 0.3 is 5.97 Å². The van der Waals surface area contributed by atoms with Crippen LogP contribution in [0.25, 0.3) is 0 Å². The van der Waals surface area contributed by atoms with E-state index in [4.69, 9.17) is 4.74 Å². The monoisotopic (exact) mass is 534 g/mol. The Kier molecular flexibility index (Phi) is 6.36. The van der Waals surface area contributed by atoms with Crippen LogP contribution in [-0.2, 0) is 26.0 Å². The Bertz CT molecular complexity index is 1290. The van der Waals surface area contributed by atoms with Gasteiger partial charge in [-0.25, -0.2) is 13.2 Å². The Morgan fingerprint density at radius 3 is 2.59 bits per heavy atom. The number of halogens is 1. The number of nitrogens with one attached hydrogen (secondary N) is 1. The number of anilines is 2. The van der Waals surface area contributed by atoms with Gasteiger partial charge in [0.05, 0.1) is 15.0 Å². The van der Waals surface area contributed by atoms with E-state index < -0.39 is 22.6 Å². The maximum absolute atomic E-state index is 12.8. The maximum Gasteiger partial charge on any atom is 0.340 e. The maximum atomic E-state index is 12.8. The summed E-state index contributed by atoms with van der Waals surface area (Å²) in [5, 5.41) is 0. The highest BCUT2D eigenvalue weighted by Gasteiger charge is 2.31. The van der Waals surface area contributed by atoms with Gasteiger partial charge in [-0.05, 0) is 65.2 Å². The van der Waals surface area contributed by atoms with Gasteiger partial charge in [0.2, 0.25) is 0 Å². The van der Waals surface area contributed by atoms with E-state index in [9.17, 15) is 18.0 Å². The zero-order chi connectivity index (χ0) is 22.9. The van der Waals surface area contributed by atoms with Gasteiger partial charge in [0.1, 0.15) is 4.21 Å². The van der Waals surface area contributed by atoms with E-state index in [2.05, 4.69) is 20.7 Å². The number of rotatable bonds is 6. The second-order valence-corrected chi connectivity index (χ2v) is 11.6. The van der Waals surface area contributed by atoms with Crippen molar-refractivity contribution in [1.82, 2.24) is 0 Å². The molecule has 1 aliphatic heterocycles. The van der Waals surface area contributed by atoms with Crippen molar-refractivity contribution in [3.05, 3.63) is 75.6 Å². The zero-order valence-electron chi connectivity index (χ0n) is 16.9. The van der Waals surface area contributed by atoms with Crippen LogP contribution in [0.4, 0.5) is 11.4 Å². The molecule has 1 aliphatic rings. The minimum absolute atomic E-state index is 0.0226. The number of thiophene rings is 1. The topological polar surface area (TPSA) is 92.8 Å². The summed E-state index contributed by atoms with van der Waals surface area (Å²) >= 11 is 4.29. The molecule has 0 radical (unpaired) electrons. The lowest BCUT2D eigenvalue weighted by molar-refractivity contribution is -0.122. The highest BCUT2D eigenvalue weighted by Crippen LogP contribution is 2.32. The minimum atomic E-state index is -3.88. The van der Waals surface area contributed by atoms with Crippen LogP contribution in [0, 0.1) is 0 Å². The van der Waals surface area contributed by atoms with Crippen LogP contribution in [0.1, 0.15) is 22.8 Å². The van der Waals surface area contributed by atoms with Gasteiger partial charge < -0.3 is 9.64 Å². The fourth-order valence-electron chi connectivity index (χ4n) is 3.61. The first-order valence-electron chi connectivity index (χ1n) is 9.70. The molecule has 10 heteroatoms. The third-order valence-electron chi connectivity index (χ3n) is 5.01. The molecule has 7 nitrogen and oxygen atoms in total. The number of ether oxygens (including phenoxy) is 1. The normalized spacial score (nSPS) is 15.3. The molecule has 0 spiro atoms. The van der Waals surface area contributed by atoms with Crippen LogP contribution in [0.3, 0.4) is 0 Å². The van der Waals surface area contributed by atoms with Crippen LogP contribution >= 0.6 is 27.3 Å². The van der Waals surface area contributed by atoms with Crippen molar-refractivity contribution < 1.29 is 22.7 Å². The summed E-state index contributed by atoms with van der Waals surface area (Å²) in [6.07, 6.45) is 0.735. The van der Waals surface area contributed by atoms with Crippen molar-refractivity contribution in [3.8, 4) is 0 Å². The molecular formula is C22H19BrN2O5S2. The van der Waals surface area contributed by atoms with Crippen LogP contribution in [0.2, 0.25) is 0 Å².